The summed E-state index contributed by atoms with van der Waals surface area (Å²) >= 11 is 0. The van der Waals surface area contributed by atoms with E-state index in [9.17, 15) is 4.79 Å². The quantitative estimate of drug-likeness (QED) is 0.592. The average molecular weight is 283 g/mol. The Bertz CT molecular complexity index is 111. The second kappa shape index (κ2) is 29.2. The Balaban J connectivity index is -0.0000000185. The van der Waals surface area contributed by atoms with Crippen LogP contribution in [0.1, 0.15) is 28.2 Å². The predicted octanol–water partition coefficient (Wildman–Crippen LogP) is 2.19. The third-order valence-corrected chi connectivity index (χ3v) is 0.348. The van der Waals surface area contributed by atoms with Gasteiger partial charge in [-0.25, -0.2) is 0 Å². The van der Waals surface area contributed by atoms with E-state index in [0.29, 0.717) is 6.61 Å². The van der Waals surface area contributed by atoms with E-state index in [4.69, 9.17) is 9.90 Å². The number of carboxylic acid groups (broad SMARTS) is 1. The summed E-state index contributed by atoms with van der Waals surface area (Å²) in [7, 11) is 0. The number of esters is 1. The van der Waals surface area contributed by atoms with E-state index >= 15 is 0 Å². The SMILES string of the molecule is C.CC(=O)O.CCOC(C)=O.[CH3-].[CH3-].[Y]. The summed E-state index contributed by atoms with van der Waals surface area (Å²) in [6.45, 7) is 4.74. The standard InChI is InChI=1S/C4H8O2.C2H4O2.CH4.2CH3.Y/c1-3-6-4(2)5;1-2(3)4;;;;/h3H2,1-2H3;1H3,(H,3,4);1H4;2*1H3;/q;;;2*-1;. The molecule has 0 aromatic carbocycles. The first-order chi connectivity index (χ1) is 4.50. The van der Waals surface area contributed by atoms with E-state index in [1.165, 1.54) is 6.92 Å². The van der Waals surface area contributed by atoms with Gasteiger partial charge in [0.25, 0.3) is 5.97 Å². The maximum atomic E-state index is 9.82. The van der Waals surface area contributed by atoms with Gasteiger partial charge in [-0.15, -0.1) is 0 Å². The molecule has 0 bridgehead atoms. The van der Waals surface area contributed by atoms with Crippen LogP contribution in [0.4, 0.5) is 0 Å². The molecule has 1 N–H and O–H groups in total. The van der Waals surface area contributed by atoms with Crippen molar-refractivity contribution in [3.05, 3.63) is 14.9 Å². The molecule has 87 valence electrons. The molecule has 0 heterocycles. The number of hydrogen-bond acceptors (Lipinski definition) is 3. The molecule has 5 heteroatoms. The van der Waals surface area contributed by atoms with Gasteiger partial charge < -0.3 is 24.7 Å². The monoisotopic (exact) mass is 283 g/mol. The van der Waals surface area contributed by atoms with Crippen LogP contribution in [0.5, 0.6) is 0 Å². The van der Waals surface area contributed by atoms with Gasteiger partial charge in [-0.1, -0.05) is 7.43 Å². The number of ether oxygens (including phenoxy) is 1. The minimum absolute atomic E-state index is 0. The maximum absolute atomic E-state index is 9.82. The van der Waals surface area contributed by atoms with Gasteiger partial charge in [0.2, 0.25) is 0 Å². The number of carbonyl (C=O) groups excluding carboxylic acids is 1. The summed E-state index contributed by atoms with van der Waals surface area (Å²) < 4.78 is 4.40. The van der Waals surface area contributed by atoms with Crippen molar-refractivity contribution in [2.45, 2.75) is 28.2 Å². The van der Waals surface area contributed by atoms with Crippen LogP contribution in [-0.2, 0) is 47.0 Å². The van der Waals surface area contributed by atoms with Crippen LogP contribution in [0.3, 0.4) is 0 Å². The molecule has 0 fully saturated rings. The van der Waals surface area contributed by atoms with Gasteiger partial charge in [0.1, 0.15) is 0 Å². The summed E-state index contributed by atoms with van der Waals surface area (Å²) in [6, 6.07) is 0. The number of carbonyl (C=O) groups is 2. The van der Waals surface area contributed by atoms with Crippen LogP contribution in [0.15, 0.2) is 0 Å². The first-order valence-electron chi connectivity index (χ1n) is 2.83. The zero-order chi connectivity index (χ0) is 8.57. The van der Waals surface area contributed by atoms with Gasteiger partial charge >= 0.3 is 5.97 Å². The van der Waals surface area contributed by atoms with Crippen molar-refractivity contribution >= 4 is 11.9 Å². The molecule has 0 saturated heterocycles. The minimum atomic E-state index is -0.833. The van der Waals surface area contributed by atoms with Crippen molar-refractivity contribution < 1.29 is 52.1 Å². The van der Waals surface area contributed by atoms with Gasteiger partial charge in [-0.2, -0.15) is 0 Å². The first kappa shape index (κ1) is 36.9. The molecule has 0 spiro atoms. The maximum Gasteiger partial charge on any atom is 0.302 e. The molecule has 0 aliphatic heterocycles. The van der Waals surface area contributed by atoms with Crippen LogP contribution in [0, 0.1) is 14.9 Å². The molecule has 0 rings (SSSR count). The van der Waals surface area contributed by atoms with Gasteiger partial charge in [-0.05, 0) is 6.92 Å². The Kier molecular flexibility index (Phi) is 77.1. The molecule has 0 aromatic rings. The van der Waals surface area contributed by atoms with Crippen molar-refractivity contribution in [1.29, 1.82) is 0 Å². The number of hydrogen-bond donors (Lipinski definition) is 1. The number of rotatable bonds is 1. The predicted molar refractivity (Wildman–Crippen MR) is 55.2 cm³/mol. The summed E-state index contributed by atoms with van der Waals surface area (Å²) in [4.78, 5) is 18.8. The molecular weight excluding hydrogens is 261 g/mol. The molecule has 14 heavy (non-hydrogen) atoms. The summed E-state index contributed by atoms with van der Waals surface area (Å²) in [5.41, 5.74) is 0. The van der Waals surface area contributed by atoms with Crippen molar-refractivity contribution in [2.24, 2.45) is 0 Å². The van der Waals surface area contributed by atoms with Crippen molar-refractivity contribution in [3.8, 4) is 0 Å². The van der Waals surface area contributed by atoms with Crippen LogP contribution < -0.4 is 0 Å². The largest absolute Gasteiger partial charge is 0.481 e. The Hall–Kier alpha value is 0.0439. The van der Waals surface area contributed by atoms with E-state index in [2.05, 4.69) is 4.74 Å². The van der Waals surface area contributed by atoms with Gasteiger partial charge in [-0.3, -0.25) is 9.59 Å². The van der Waals surface area contributed by atoms with E-state index in [1.807, 2.05) is 0 Å². The molecule has 0 saturated carbocycles. The van der Waals surface area contributed by atoms with Crippen molar-refractivity contribution in [1.82, 2.24) is 0 Å². The zero-order valence-corrected chi connectivity index (χ0v) is 11.8. The normalized spacial score (nSPS) is 5.07. The Morgan fingerprint density at radius 3 is 1.43 bits per heavy atom. The summed E-state index contributed by atoms with van der Waals surface area (Å²) in [6.07, 6.45) is 0. The van der Waals surface area contributed by atoms with Crippen LogP contribution in [0.25, 0.3) is 0 Å². The second-order valence-electron chi connectivity index (χ2n) is 1.44. The molecule has 0 atom stereocenters. The van der Waals surface area contributed by atoms with E-state index in [1.54, 1.807) is 6.92 Å². The van der Waals surface area contributed by atoms with Crippen LogP contribution in [0.2, 0.25) is 0 Å². The van der Waals surface area contributed by atoms with E-state index < -0.39 is 5.97 Å². The fraction of sp³-hybridized carbons (Fsp3) is 0.556. The third kappa shape index (κ3) is 159. The third-order valence-electron chi connectivity index (χ3n) is 0.348. The second-order valence-corrected chi connectivity index (χ2v) is 1.44. The number of carboxylic acids is 1. The average Bonchev–Trinajstić information content (AvgIpc) is 1.62. The van der Waals surface area contributed by atoms with Crippen LogP contribution in [-0.4, -0.2) is 23.7 Å². The van der Waals surface area contributed by atoms with Gasteiger partial charge in [0.15, 0.2) is 0 Å². The fourth-order valence-corrected chi connectivity index (χ4v) is 0.203. The van der Waals surface area contributed by atoms with E-state index in [-0.39, 0.29) is 61.0 Å². The molecule has 0 aliphatic carbocycles. The molecular formula is C9H22O4Y-2. The van der Waals surface area contributed by atoms with Crippen LogP contribution >= 0.6 is 0 Å². The summed E-state index contributed by atoms with van der Waals surface area (Å²) in [5, 5.41) is 7.42. The smallest absolute Gasteiger partial charge is 0.302 e. The van der Waals surface area contributed by atoms with Gasteiger partial charge in [0.05, 0.1) is 6.61 Å². The molecule has 0 amide bonds. The topological polar surface area (TPSA) is 63.6 Å². The van der Waals surface area contributed by atoms with Crippen molar-refractivity contribution in [3.63, 3.8) is 0 Å². The van der Waals surface area contributed by atoms with Crippen molar-refractivity contribution in [2.75, 3.05) is 6.61 Å². The molecule has 0 unspecified atom stereocenters. The Labute approximate surface area is 113 Å². The van der Waals surface area contributed by atoms with E-state index in [0.717, 1.165) is 6.92 Å². The Morgan fingerprint density at radius 1 is 1.21 bits per heavy atom. The Morgan fingerprint density at radius 2 is 1.43 bits per heavy atom. The summed E-state index contributed by atoms with van der Waals surface area (Å²) in [5.74, 6) is -1.04. The molecule has 0 aliphatic rings. The zero-order valence-electron chi connectivity index (χ0n) is 8.96. The molecule has 1 radical (unpaired) electrons. The minimum Gasteiger partial charge on any atom is -0.481 e. The fourth-order valence-electron chi connectivity index (χ4n) is 0.203. The number of aliphatic carboxylic acids is 1. The first-order valence-corrected chi connectivity index (χ1v) is 2.83. The molecule has 4 nitrogen and oxygen atoms in total. The molecule has 0 aromatic heterocycles. The van der Waals surface area contributed by atoms with Gasteiger partial charge in [0, 0.05) is 46.6 Å².